The second kappa shape index (κ2) is 4.50. The van der Waals surface area contributed by atoms with Crippen molar-refractivity contribution in [2.75, 3.05) is 13.6 Å². The van der Waals surface area contributed by atoms with Gasteiger partial charge in [-0.05, 0) is 35.9 Å². The summed E-state index contributed by atoms with van der Waals surface area (Å²) < 4.78 is 5.54. The summed E-state index contributed by atoms with van der Waals surface area (Å²) in [6.07, 6.45) is 1.79. The summed E-state index contributed by atoms with van der Waals surface area (Å²) in [6, 6.07) is 17.2. The van der Waals surface area contributed by atoms with Crippen LogP contribution in [0.15, 0.2) is 59.2 Å². The van der Waals surface area contributed by atoms with Gasteiger partial charge in [-0.2, -0.15) is 0 Å². The van der Waals surface area contributed by atoms with Crippen molar-refractivity contribution in [2.45, 2.75) is 12.5 Å². The molecular weight excluding hydrogens is 246 g/mol. The quantitative estimate of drug-likeness (QED) is 0.659. The number of benzene rings is 2. The van der Waals surface area contributed by atoms with Crippen molar-refractivity contribution in [1.29, 1.82) is 0 Å². The molecule has 20 heavy (non-hydrogen) atoms. The van der Waals surface area contributed by atoms with Crippen molar-refractivity contribution in [3.05, 3.63) is 71.5 Å². The van der Waals surface area contributed by atoms with Gasteiger partial charge in [0.25, 0.3) is 0 Å². The Kier molecular flexibility index (Phi) is 2.64. The van der Waals surface area contributed by atoms with Crippen LogP contribution in [0.2, 0.25) is 0 Å². The van der Waals surface area contributed by atoms with E-state index in [4.69, 9.17) is 4.42 Å². The molecule has 0 bridgehead atoms. The molecule has 1 atom stereocenters. The van der Waals surface area contributed by atoms with Gasteiger partial charge in [0.1, 0.15) is 5.58 Å². The van der Waals surface area contributed by atoms with Crippen LogP contribution in [0.25, 0.3) is 11.0 Å². The van der Waals surface area contributed by atoms with Crippen LogP contribution in [-0.2, 0) is 6.54 Å². The Labute approximate surface area is 118 Å². The third-order valence-electron chi connectivity index (χ3n) is 4.28. The van der Waals surface area contributed by atoms with Crippen molar-refractivity contribution in [1.82, 2.24) is 4.90 Å². The van der Waals surface area contributed by atoms with Crippen molar-refractivity contribution in [3.8, 4) is 0 Å². The number of fused-ring (bicyclic) bond motifs is 3. The molecule has 0 aliphatic carbocycles. The molecule has 1 aromatic heterocycles. The fraction of sp³-hybridized carbons (Fsp3) is 0.222. The SMILES string of the molecule is CN1Cc2c(ccc3occc23)[C@H](c2ccccc2)C1. The van der Waals surface area contributed by atoms with Gasteiger partial charge in [-0.1, -0.05) is 36.4 Å². The van der Waals surface area contributed by atoms with Crippen LogP contribution in [-0.4, -0.2) is 18.5 Å². The summed E-state index contributed by atoms with van der Waals surface area (Å²) in [5.41, 5.74) is 5.25. The zero-order valence-electron chi connectivity index (χ0n) is 11.5. The van der Waals surface area contributed by atoms with Gasteiger partial charge >= 0.3 is 0 Å². The van der Waals surface area contributed by atoms with Gasteiger partial charge in [-0.3, -0.25) is 0 Å². The molecule has 0 fully saturated rings. The Bertz CT molecular complexity index is 744. The maximum absolute atomic E-state index is 5.54. The zero-order valence-corrected chi connectivity index (χ0v) is 11.5. The molecule has 0 saturated carbocycles. The van der Waals surface area contributed by atoms with Crippen molar-refractivity contribution in [2.24, 2.45) is 0 Å². The summed E-state index contributed by atoms with van der Waals surface area (Å²) in [6.45, 7) is 2.07. The lowest BCUT2D eigenvalue weighted by Crippen LogP contribution is -2.31. The minimum Gasteiger partial charge on any atom is -0.464 e. The normalized spacial score (nSPS) is 19.1. The number of hydrogen-bond acceptors (Lipinski definition) is 2. The highest BCUT2D eigenvalue weighted by Crippen LogP contribution is 2.36. The summed E-state index contributed by atoms with van der Waals surface area (Å²) in [5, 5.41) is 1.26. The van der Waals surface area contributed by atoms with E-state index in [1.807, 2.05) is 0 Å². The Morgan fingerprint density at radius 2 is 1.90 bits per heavy atom. The highest BCUT2D eigenvalue weighted by Gasteiger charge is 2.26. The average molecular weight is 263 g/mol. The smallest absolute Gasteiger partial charge is 0.134 e. The number of furan rings is 1. The van der Waals surface area contributed by atoms with Gasteiger partial charge in [0, 0.05) is 24.4 Å². The minimum absolute atomic E-state index is 0.448. The summed E-state index contributed by atoms with van der Waals surface area (Å²) in [5.74, 6) is 0.448. The van der Waals surface area contributed by atoms with E-state index in [2.05, 4.69) is 60.5 Å². The molecule has 0 spiro atoms. The fourth-order valence-electron chi connectivity index (χ4n) is 3.34. The number of likely N-dealkylation sites (N-methyl/N-ethyl adjacent to an activating group) is 1. The van der Waals surface area contributed by atoms with Gasteiger partial charge in [0.2, 0.25) is 0 Å². The first kappa shape index (κ1) is 11.7. The Morgan fingerprint density at radius 3 is 2.75 bits per heavy atom. The van der Waals surface area contributed by atoms with Crippen molar-refractivity contribution < 1.29 is 4.42 Å². The summed E-state index contributed by atoms with van der Waals surface area (Å²) >= 11 is 0. The Balaban J connectivity index is 1.92. The number of rotatable bonds is 1. The van der Waals surface area contributed by atoms with Crippen molar-refractivity contribution in [3.63, 3.8) is 0 Å². The van der Waals surface area contributed by atoms with E-state index >= 15 is 0 Å². The first-order chi connectivity index (χ1) is 9.83. The molecule has 0 amide bonds. The molecule has 100 valence electrons. The molecule has 1 aliphatic heterocycles. The van der Waals surface area contributed by atoms with E-state index in [1.165, 1.54) is 22.1 Å². The van der Waals surface area contributed by atoms with Gasteiger partial charge in [0.15, 0.2) is 0 Å². The Hall–Kier alpha value is -2.06. The molecule has 0 unspecified atom stereocenters. The predicted octanol–water partition coefficient (Wildman–Crippen LogP) is 4.01. The van der Waals surface area contributed by atoms with Gasteiger partial charge in [-0.25, -0.2) is 0 Å². The highest BCUT2D eigenvalue weighted by atomic mass is 16.3. The minimum atomic E-state index is 0.448. The first-order valence-corrected chi connectivity index (χ1v) is 7.05. The number of hydrogen-bond donors (Lipinski definition) is 0. The molecule has 2 heteroatoms. The monoisotopic (exact) mass is 263 g/mol. The second-order valence-corrected chi connectivity index (χ2v) is 5.63. The molecule has 2 aromatic carbocycles. The number of nitrogens with zero attached hydrogens (tertiary/aromatic N) is 1. The van der Waals surface area contributed by atoms with Gasteiger partial charge in [0.05, 0.1) is 6.26 Å². The molecule has 0 radical (unpaired) electrons. The maximum Gasteiger partial charge on any atom is 0.134 e. The molecule has 2 nitrogen and oxygen atoms in total. The topological polar surface area (TPSA) is 16.4 Å². The fourth-order valence-corrected chi connectivity index (χ4v) is 3.34. The van der Waals surface area contributed by atoms with Crippen LogP contribution in [0, 0.1) is 0 Å². The molecule has 0 N–H and O–H groups in total. The average Bonchev–Trinajstić information content (AvgIpc) is 2.96. The van der Waals surface area contributed by atoms with Gasteiger partial charge in [-0.15, -0.1) is 0 Å². The molecule has 0 saturated heterocycles. The van der Waals surface area contributed by atoms with Crippen LogP contribution in [0.4, 0.5) is 0 Å². The lowest BCUT2D eigenvalue weighted by atomic mass is 9.84. The molecule has 4 rings (SSSR count). The van der Waals surface area contributed by atoms with E-state index in [0.717, 1.165) is 18.7 Å². The molecule has 2 heterocycles. The summed E-state index contributed by atoms with van der Waals surface area (Å²) in [7, 11) is 2.19. The third-order valence-corrected chi connectivity index (χ3v) is 4.28. The highest BCUT2D eigenvalue weighted by molar-refractivity contribution is 5.83. The Morgan fingerprint density at radius 1 is 1.05 bits per heavy atom. The lowest BCUT2D eigenvalue weighted by molar-refractivity contribution is 0.296. The first-order valence-electron chi connectivity index (χ1n) is 7.05. The second-order valence-electron chi connectivity index (χ2n) is 5.63. The summed E-state index contributed by atoms with van der Waals surface area (Å²) in [4.78, 5) is 2.40. The van der Waals surface area contributed by atoms with Crippen molar-refractivity contribution >= 4 is 11.0 Å². The van der Waals surface area contributed by atoms with E-state index in [9.17, 15) is 0 Å². The van der Waals surface area contributed by atoms with Crippen LogP contribution in [0.5, 0.6) is 0 Å². The van der Waals surface area contributed by atoms with E-state index in [0.29, 0.717) is 5.92 Å². The van der Waals surface area contributed by atoms with Crippen LogP contribution >= 0.6 is 0 Å². The van der Waals surface area contributed by atoms with Crippen LogP contribution < -0.4 is 0 Å². The van der Waals surface area contributed by atoms with Crippen LogP contribution in [0.1, 0.15) is 22.6 Å². The lowest BCUT2D eigenvalue weighted by Gasteiger charge is -2.33. The third kappa shape index (κ3) is 1.76. The predicted molar refractivity (Wildman–Crippen MR) is 80.8 cm³/mol. The largest absolute Gasteiger partial charge is 0.464 e. The molecule has 1 aliphatic rings. The van der Waals surface area contributed by atoms with Gasteiger partial charge < -0.3 is 9.32 Å². The maximum atomic E-state index is 5.54. The van der Waals surface area contributed by atoms with E-state index < -0.39 is 0 Å². The molecular formula is C18H17NO. The standard InChI is InChI=1S/C18H17NO/c1-19-11-16(13-5-3-2-4-6-13)14-7-8-18-15(9-10-20-18)17(14)12-19/h2-10,16H,11-12H2,1H3/t16-/m0/s1. The van der Waals surface area contributed by atoms with Crippen LogP contribution in [0.3, 0.4) is 0 Å². The molecule has 3 aromatic rings. The van der Waals surface area contributed by atoms with E-state index in [-0.39, 0.29) is 0 Å². The zero-order chi connectivity index (χ0) is 13.5. The van der Waals surface area contributed by atoms with E-state index in [1.54, 1.807) is 6.26 Å².